The Morgan fingerprint density at radius 1 is 1.10 bits per heavy atom. The summed E-state index contributed by atoms with van der Waals surface area (Å²) >= 11 is 6.01. The van der Waals surface area contributed by atoms with Crippen LogP contribution in [-0.2, 0) is 21.4 Å². The van der Waals surface area contributed by atoms with Crippen LogP contribution in [0.2, 0.25) is 5.02 Å². The number of hydrogen-bond donors (Lipinski definition) is 0. The van der Waals surface area contributed by atoms with Gasteiger partial charge in [0.05, 0.1) is 26.2 Å². The second-order valence-electron chi connectivity index (χ2n) is 6.60. The lowest BCUT2D eigenvalue weighted by Gasteiger charge is -2.31. The lowest BCUT2D eigenvalue weighted by atomic mass is 10.1. The van der Waals surface area contributed by atoms with Crippen LogP contribution in [0, 0.1) is 0 Å². The SMILES string of the molecule is COc1ccc(CN(C)C(=O)[C@H](C)N(c2cccc(Cl)c2)S(C)(=O)=O)cc1OC. The number of sulfonamides is 1. The van der Waals surface area contributed by atoms with Gasteiger partial charge in [0, 0.05) is 18.6 Å². The summed E-state index contributed by atoms with van der Waals surface area (Å²) < 4.78 is 36.4. The van der Waals surface area contributed by atoms with E-state index in [-0.39, 0.29) is 12.5 Å². The Morgan fingerprint density at radius 2 is 1.76 bits per heavy atom. The maximum Gasteiger partial charge on any atom is 0.246 e. The van der Waals surface area contributed by atoms with Gasteiger partial charge in [0.2, 0.25) is 15.9 Å². The van der Waals surface area contributed by atoms with Crippen molar-refractivity contribution in [2.45, 2.75) is 19.5 Å². The summed E-state index contributed by atoms with van der Waals surface area (Å²) in [7, 11) is 0.986. The lowest BCUT2D eigenvalue weighted by Crippen LogP contribution is -2.48. The fourth-order valence-electron chi connectivity index (χ4n) is 3.07. The minimum Gasteiger partial charge on any atom is -0.493 e. The molecule has 9 heteroatoms. The fourth-order valence-corrected chi connectivity index (χ4v) is 4.41. The summed E-state index contributed by atoms with van der Waals surface area (Å²) in [5.74, 6) is 0.781. The molecule has 0 bridgehead atoms. The Bertz CT molecular complexity index is 981. The smallest absolute Gasteiger partial charge is 0.246 e. The number of rotatable bonds is 8. The van der Waals surface area contributed by atoms with Crippen molar-refractivity contribution < 1.29 is 22.7 Å². The molecule has 1 amide bonds. The van der Waals surface area contributed by atoms with Crippen molar-refractivity contribution in [2.75, 3.05) is 31.8 Å². The molecule has 2 aromatic carbocycles. The van der Waals surface area contributed by atoms with Gasteiger partial charge >= 0.3 is 0 Å². The van der Waals surface area contributed by atoms with E-state index < -0.39 is 16.1 Å². The molecule has 29 heavy (non-hydrogen) atoms. The second-order valence-corrected chi connectivity index (χ2v) is 8.89. The highest BCUT2D eigenvalue weighted by Crippen LogP contribution is 2.28. The topological polar surface area (TPSA) is 76.2 Å². The molecular weight excluding hydrogens is 416 g/mol. The maximum absolute atomic E-state index is 13.0. The Hall–Kier alpha value is -2.45. The van der Waals surface area contributed by atoms with Gasteiger partial charge in [-0.05, 0) is 42.8 Å². The summed E-state index contributed by atoms with van der Waals surface area (Å²) in [6, 6.07) is 10.8. The molecule has 2 aromatic rings. The first-order valence-corrected chi connectivity index (χ1v) is 11.0. The van der Waals surface area contributed by atoms with Crippen LogP contribution in [0.4, 0.5) is 5.69 Å². The van der Waals surface area contributed by atoms with Gasteiger partial charge in [0.1, 0.15) is 6.04 Å². The molecule has 0 aliphatic heterocycles. The third kappa shape index (κ3) is 5.55. The van der Waals surface area contributed by atoms with Crippen molar-refractivity contribution in [1.29, 1.82) is 0 Å². The molecule has 2 rings (SSSR count). The van der Waals surface area contributed by atoms with Crippen LogP contribution in [-0.4, -0.2) is 52.8 Å². The van der Waals surface area contributed by atoms with Gasteiger partial charge in [0.15, 0.2) is 11.5 Å². The van der Waals surface area contributed by atoms with E-state index in [1.54, 1.807) is 51.4 Å². The standard InChI is InChI=1S/C20H25ClN2O5S/c1-14(23(29(5,25)26)17-8-6-7-16(21)12-17)20(24)22(2)13-15-9-10-18(27-3)19(11-15)28-4/h6-12,14H,13H2,1-5H3/t14-/m0/s1. The number of nitrogens with zero attached hydrogens (tertiary/aromatic N) is 2. The third-order valence-corrected chi connectivity index (χ3v) is 5.85. The van der Waals surface area contributed by atoms with Crippen LogP contribution in [0.25, 0.3) is 0 Å². The van der Waals surface area contributed by atoms with E-state index in [4.69, 9.17) is 21.1 Å². The molecule has 0 heterocycles. The van der Waals surface area contributed by atoms with E-state index in [9.17, 15) is 13.2 Å². The van der Waals surface area contributed by atoms with Gasteiger partial charge in [-0.25, -0.2) is 8.42 Å². The normalized spacial score (nSPS) is 12.2. The average molecular weight is 441 g/mol. The van der Waals surface area contributed by atoms with Crippen molar-refractivity contribution in [3.05, 3.63) is 53.1 Å². The molecular formula is C20H25ClN2O5S. The van der Waals surface area contributed by atoms with Gasteiger partial charge in [-0.15, -0.1) is 0 Å². The quantitative estimate of drug-likeness (QED) is 0.630. The largest absolute Gasteiger partial charge is 0.493 e. The number of amides is 1. The van der Waals surface area contributed by atoms with E-state index in [1.807, 2.05) is 6.07 Å². The zero-order valence-electron chi connectivity index (χ0n) is 17.0. The molecule has 0 unspecified atom stereocenters. The Balaban J connectivity index is 2.26. The predicted molar refractivity (Wildman–Crippen MR) is 114 cm³/mol. The molecule has 0 radical (unpaired) electrons. The van der Waals surface area contributed by atoms with Crippen LogP contribution in [0.3, 0.4) is 0 Å². The van der Waals surface area contributed by atoms with Crippen molar-refractivity contribution in [1.82, 2.24) is 4.90 Å². The number of benzene rings is 2. The van der Waals surface area contributed by atoms with Crippen LogP contribution < -0.4 is 13.8 Å². The van der Waals surface area contributed by atoms with E-state index in [0.29, 0.717) is 22.2 Å². The van der Waals surface area contributed by atoms with Gasteiger partial charge in [-0.2, -0.15) is 0 Å². The minimum absolute atomic E-state index is 0.274. The number of anilines is 1. The Labute approximate surface area is 176 Å². The zero-order chi connectivity index (χ0) is 21.8. The van der Waals surface area contributed by atoms with Crippen LogP contribution in [0.15, 0.2) is 42.5 Å². The van der Waals surface area contributed by atoms with Crippen LogP contribution >= 0.6 is 11.6 Å². The number of halogens is 1. The molecule has 0 aliphatic rings. The first-order chi connectivity index (χ1) is 13.6. The predicted octanol–water partition coefficient (Wildman–Crippen LogP) is 3.17. The Kier molecular flexibility index (Phi) is 7.37. The molecule has 7 nitrogen and oxygen atoms in total. The molecule has 0 saturated heterocycles. The highest BCUT2D eigenvalue weighted by atomic mass is 35.5. The lowest BCUT2D eigenvalue weighted by molar-refractivity contribution is -0.131. The number of carbonyl (C=O) groups excluding carboxylic acids is 1. The van der Waals surface area contributed by atoms with Crippen molar-refractivity contribution in [2.24, 2.45) is 0 Å². The van der Waals surface area contributed by atoms with Gasteiger partial charge in [-0.3, -0.25) is 9.10 Å². The minimum atomic E-state index is -3.71. The molecule has 158 valence electrons. The maximum atomic E-state index is 13.0. The van der Waals surface area contributed by atoms with E-state index in [2.05, 4.69) is 0 Å². The van der Waals surface area contributed by atoms with Crippen molar-refractivity contribution in [3.63, 3.8) is 0 Å². The molecule has 0 fully saturated rings. The molecule has 0 aliphatic carbocycles. The Morgan fingerprint density at radius 3 is 2.31 bits per heavy atom. The average Bonchev–Trinajstić information content (AvgIpc) is 2.66. The molecule has 0 saturated carbocycles. The third-order valence-electron chi connectivity index (χ3n) is 4.37. The first-order valence-electron chi connectivity index (χ1n) is 8.79. The van der Waals surface area contributed by atoms with Crippen LogP contribution in [0.1, 0.15) is 12.5 Å². The molecule has 0 aromatic heterocycles. The number of ether oxygens (including phenoxy) is 2. The zero-order valence-corrected chi connectivity index (χ0v) is 18.6. The van der Waals surface area contributed by atoms with Gasteiger partial charge in [0.25, 0.3) is 0 Å². The summed E-state index contributed by atoms with van der Waals surface area (Å²) in [5, 5.41) is 0.384. The summed E-state index contributed by atoms with van der Waals surface area (Å²) in [5.41, 5.74) is 1.15. The van der Waals surface area contributed by atoms with E-state index in [1.165, 1.54) is 18.1 Å². The monoisotopic (exact) mass is 440 g/mol. The summed E-state index contributed by atoms with van der Waals surface area (Å²) in [4.78, 5) is 14.5. The molecule has 0 spiro atoms. The van der Waals surface area contributed by atoms with Crippen LogP contribution in [0.5, 0.6) is 11.5 Å². The molecule has 1 atom stereocenters. The summed E-state index contributed by atoms with van der Waals surface area (Å²) in [6.45, 7) is 1.83. The van der Waals surface area contributed by atoms with Gasteiger partial charge < -0.3 is 14.4 Å². The number of hydrogen-bond acceptors (Lipinski definition) is 5. The summed E-state index contributed by atoms with van der Waals surface area (Å²) in [6.07, 6.45) is 1.06. The highest BCUT2D eigenvalue weighted by Gasteiger charge is 2.31. The number of carbonyl (C=O) groups is 1. The van der Waals surface area contributed by atoms with Crippen molar-refractivity contribution in [3.8, 4) is 11.5 Å². The second kappa shape index (κ2) is 9.37. The number of likely N-dealkylation sites (N-methyl/N-ethyl adjacent to an activating group) is 1. The van der Waals surface area contributed by atoms with Crippen molar-refractivity contribution >= 4 is 33.2 Å². The fraction of sp³-hybridized carbons (Fsp3) is 0.350. The van der Waals surface area contributed by atoms with E-state index in [0.717, 1.165) is 16.1 Å². The highest BCUT2D eigenvalue weighted by molar-refractivity contribution is 7.92. The van der Waals surface area contributed by atoms with E-state index >= 15 is 0 Å². The molecule has 0 N–H and O–H groups in total. The van der Waals surface area contributed by atoms with Gasteiger partial charge in [-0.1, -0.05) is 23.7 Å². The first kappa shape index (κ1) is 22.8. The number of methoxy groups -OCH3 is 2.